The Morgan fingerprint density at radius 3 is 2.47 bits per heavy atom. The van der Waals surface area contributed by atoms with Crippen molar-refractivity contribution in [1.29, 1.82) is 0 Å². The lowest BCUT2D eigenvalue weighted by Gasteiger charge is -2.43. The van der Waals surface area contributed by atoms with E-state index < -0.39 is 0 Å². The summed E-state index contributed by atoms with van der Waals surface area (Å²) < 4.78 is 6.02. The summed E-state index contributed by atoms with van der Waals surface area (Å²) in [7, 11) is 1.10. The highest BCUT2D eigenvalue weighted by Gasteiger charge is 2.38. The topological polar surface area (TPSA) is 35.2 Å². The third-order valence-corrected chi connectivity index (χ3v) is 5.82. The summed E-state index contributed by atoms with van der Waals surface area (Å²) in [6.45, 7) is 0.948. The maximum atomic E-state index is 6.47. The van der Waals surface area contributed by atoms with Gasteiger partial charge in [0.2, 0.25) is 0 Å². The lowest BCUT2D eigenvalue weighted by molar-refractivity contribution is -0.0484. The predicted octanol–water partition coefficient (Wildman–Crippen LogP) is 1.16. The first-order chi connectivity index (χ1) is 7.22. The van der Waals surface area contributed by atoms with E-state index >= 15 is 0 Å². The van der Waals surface area contributed by atoms with Crippen molar-refractivity contribution in [2.24, 2.45) is 11.7 Å². The van der Waals surface area contributed by atoms with Gasteiger partial charge in [0, 0.05) is 22.9 Å². The van der Waals surface area contributed by atoms with Crippen LogP contribution < -0.4 is 5.73 Å². The number of hydrogen-bond acceptors (Lipinski definition) is 2. The van der Waals surface area contributed by atoms with Gasteiger partial charge in [-0.25, -0.2) is 0 Å². The molecule has 3 heteroatoms. The second-order valence-electron chi connectivity index (χ2n) is 5.54. The quantitative estimate of drug-likeness (QED) is 0.719. The maximum absolute atomic E-state index is 6.47. The van der Waals surface area contributed by atoms with Crippen LogP contribution in [0, 0.1) is 5.92 Å². The molecule has 1 saturated heterocycles. The van der Waals surface area contributed by atoms with Crippen LogP contribution in [0.15, 0.2) is 0 Å². The molecule has 1 heterocycles. The zero-order valence-corrected chi connectivity index (χ0v) is 12.0. The largest absolute Gasteiger partial charge is 0.378 e. The van der Waals surface area contributed by atoms with Crippen molar-refractivity contribution in [3.05, 3.63) is 0 Å². The van der Waals surface area contributed by atoms with Crippen molar-refractivity contribution >= 4 is 10.2 Å². The highest BCUT2D eigenvalue weighted by Crippen LogP contribution is 2.34. The second-order valence-corrected chi connectivity index (χ2v) is 7.23. The highest BCUT2D eigenvalue weighted by molar-refractivity contribution is 6.15. The molecule has 2 nitrogen and oxygen atoms in total. The number of rotatable bonds is 2. The summed E-state index contributed by atoms with van der Waals surface area (Å²) >= 11 is 0. The molecule has 0 aromatic rings. The SMILES string of the molecule is NC(C1CCCCC1)C1([SiH3])CCCCO1. The molecule has 88 valence electrons. The molecule has 1 aliphatic heterocycles. The summed E-state index contributed by atoms with van der Waals surface area (Å²) in [5.74, 6) is 0.745. The molecule has 0 radical (unpaired) electrons. The summed E-state index contributed by atoms with van der Waals surface area (Å²) in [5, 5.41) is 0.111. The number of ether oxygens (including phenoxy) is 1. The lowest BCUT2D eigenvalue weighted by atomic mass is 9.80. The van der Waals surface area contributed by atoms with E-state index in [4.69, 9.17) is 10.5 Å². The van der Waals surface area contributed by atoms with E-state index in [0.717, 1.165) is 22.8 Å². The van der Waals surface area contributed by atoms with Crippen LogP contribution in [0.2, 0.25) is 0 Å². The third kappa shape index (κ3) is 2.63. The summed E-state index contributed by atoms with van der Waals surface area (Å²) in [6.07, 6.45) is 10.6. The first kappa shape index (κ1) is 11.6. The molecule has 0 aromatic heterocycles. The fraction of sp³-hybridized carbons (Fsp3) is 1.00. The minimum Gasteiger partial charge on any atom is -0.378 e. The van der Waals surface area contributed by atoms with Crippen LogP contribution in [0.1, 0.15) is 51.4 Å². The first-order valence-corrected chi connectivity index (χ1v) is 7.62. The first-order valence-electron chi connectivity index (χ1n) is 6.62. The summed E-state index contributed by atoms with van der Waals surface area (Å²) in [5.41, 5.74) is 6.47. The monoisotopic (exact) mass is 227 g/mol. The molecule has 2 rings (SSSR count). The average molecular weight is 227 g/mol. The Kier molecular flexibility index (Phi) is 3.86. The van der Waals surface area contributed by atoms with Crippen molar-refractivity contribution < 1.29 is 4.74 Å². The molecule has 0 amide bonds. The van der Waals surface area contributed by atoms with Gasteiger partial charge in [-0.1, -0.05) is 19.3 Å². The Hall–Kier alpha value is 0.137. The molecule has 15 heavy (non-hydrogen) atoms. The molecule has 0 aromatic carbocycles. The molecule has 1 saturated carbocycles. The normalized spacial score (nSPS) is 36.6. The van der Waals surface area contributed by atoms with Crippen LogP contribution >= 0.6 is 0 Å². The molecule has 1 aliphatic carbocycles. The predicted molar refractivity (Wildman–Crippen MR) is 67.0 cm³/mol. The van der Waals surface area contributed by atoms with Crippen molar-refractivity contribution in [3.63, 3.8) is 0 Å². The van der Waals surface area contributed by atoms with E-state index in [1.165, 1.54) is 51.4 Å². The Morgan fingerprint density at radius 1 is 1.13 bits per heavy atom. The van der Waals surface area contributed by atoms with Gasteiger partial charge in [-0.15, -0.1) is 0 Å². The van der Waals surface area contributed by atoms with Crippen LogP contribution in [0.3, 0.4) is 0 Å². The molecule has 2 unspecified atom stereocenters. The molecule has 2 atom stereocenters. The standard InChI is InChI=1S/C12H25NOSi/c13-11(10-6-2-1-3-7-10)12(15)8-4-5-9-14-12/h10-11H,1-9,13H2,15H3. The van der Waals surface area contributed by atoms with E-state index in [9.17, 15) is 0 Å². The van der Waals surface area contributed by atoms with Gasteiger partial charge < -0.3 is 10.5 Å². The van der Waals surface area contributed by atoms with Gasteiger partial charge in [0.1, 0.15) is 0 Å². The molecule has 2 N–H and O–H groups in total. The van der Waals surface area contributed by atoms with Gasteiger partial charge in [-0.3, -0.25) is 0 Å². The lowest BCUT2D eigenvalue weighted by Crippen LogP contribution is -2.56. The second kappa shape index (κ2) is 4.98. The third-order valence-electron chi connectivity index (χ3n) is 4.36. The Balaban J connectivity index is 1.94. The van der Waals surface area contributed by atoms with E-state index in [2.05, 4.69) is 0 Å². The van der Waals surface area contributed by atoms with Crippen molar-refractivity contribution in [2.45, 2.75) is 62.6 Å². The van der Waals surface area contributed by atoms with E-state index in [1.54, 1.807) is 0 Å². The zero-order valence-electron chi connectivity index (χ0n) is 10.0. The van der Waals surface area contributed by atoms with Crippen LogP contribution in [0.25, 0.3) is 0 Å². The van der Waals surface area contributed by atoms with Crippen LogP contribution in [0.4, 0.5) is 0 Å². The average Bonchev–Trinajstić information content (AvgIpc) is 2.30. The zero-order chi connectivity index (χ0) is 10.7. The van der Waals surface area contributed by atoms with Crippen LogP contribution in [0.5, 0.6) is 0 Å². The van der Waals surface area contributed by atoms with Crippen molar-refractivity contribution in [2.75, 3.05) is 6.61 Å². The van der Waals surface area contributed by atoms with Gasteiger partial charge >= 0.3 is 0 Å². The molecule has 2 aliphatic rings. The van der Waals surface area contributed by atoms with E-state index in [1.807, 2.05) is 0 Å². The van der Waals surface area contributed by atoms with E-state index in [0.29, 0.717) is 6.04 Å². The Bertz CT molecular complexity index is 198. The molecular formula is C12H25NOSi. The van der Waals surface area contributed by atoms with Crippen molar-refractivity contribution in [1.82, 2.24) is 0 Å². The van der Waals surface area contributed by atoms with Gasteiger partial charge in [-0.05, 0) is 38.0 Å². The van der Waals surface area contributed by atoms with Gasteiger partial charge in [0.25, 0.3) is 0 Å². The molecule has 0 spiro atoms. The molecule has 2 fully saturated rings. The number of nitrogens with two attached hydrogens (primary N) is 1. The van der Waals surface area contributed by atoms with Crippen LogP contribution in [-0.2, 0) is 4.74 Å². The maximum Gasteiger partial charge on any atom is 0.0634 e. The smallest absolute Gasteiger partial charge is 0.0634 e. The summed E-state index contributed by atoms with van der Waals surface area (Å²) in [4.78, 5) is 0. The van der Waals surface area contributed by atoms with Crippen LogP contribution in [-0.4, -0.2) is 28.1 Å². The van der Waals surface area contributed by atoms with E-state index in [-0.39, 0.29) is 5.22 Å². The number of hydrogen-bond donors (Lipinski definition) is 1. The minimum atomic E-state index is 0.111. The van der Waals surface area contributed by atoms with Gasteiger partial charge in [0.05, 0.1) is 5.22 Å². The Labute approximate surface area is 96.4 Å². The highest BCUT2D eigenvalue weighted by atomic mass is 28.1. The minimum absolute atomic E-state index is 0.111. The van der Waals surface area contributed by atoms with Gasteiger partial charge in [0.15, 0.2) is 0 Å². The van der Waals surface area contributed by atoms with Gasteiger partial charge in [-0.2, -0.15) is 0 Å². The molecular weight excluding hydrogens is 202 g/mol. The molecule has 0 bridgehead atoms. The van der Waals surface area contributed by atoms with Crippen molar-refractivity contribution in [3.8, 4) is 0 Å². The summed E-state index contributed by atoms with van der Waals surface area (Å²) in [6, 6.07) is 0.324. The fourth-order valence-corrected chi connectivity index (χ4v) is 4.24. The Morgan fingerprint density at radius 2 is 1.87 bits per heavy atom. The fourth-order valence-electron chi connectivity index (χ4n) is 3.21.